The Balaban J connectivity index is 2.14. The fraction of sp³-hybridized carbons (Fsp3) is 0.429. The Morgan fingerprint density at radius 3 is 2.63 bits per heavy atom. The smallest absolute Gasteiger partial charge is 0.252 e. The lowest BCUT2D eigenvalue weighted by atomic mass is 9.96. The molecule has 0 aliphatic carbocycles. The monoisotopic (exact) mass is 263 g/mol. The second-order valence-corrected chi connectivity index (χ2v) is 4.92. The molecule has 19 heavy (non-hydrogen) atoms. The molecule has 0 unspecified atom stereocenters. The fourth-order valence-corrected chi connectivity index (χ4v) is 1.91. The van der Waals surface area contributed by atoms with Crippen LogP contribution in [0.1, 0.15) is 37.6 Å². The van der Waals surface area contributed by atoms with Crippen LogP contribution in [-0.4, -0.2) is 24.0 Å². The van der Waals surface area contributed by atoms with Crippen molar-refractivity contribution in [2.45, 2.75) is 32.7 Å². The lowest BCUT2D eigenvalue weighted by Crippen LogP contribution is -2.49. The van der Waals surface area contributed by atoms with Gasteiger partial charge in [-0.1, -0.05) is 6.92 Å². The normalized spacial score (nSPS) is 13.2. The third-order valence-electron chi connectivity index (χ3n) is 3.08. The molecule has 1 amide bonds. The van der Waals surface area contributed by atoms with E-state index in [9.17, 15) is 9.59 Å². The highest BCUT2D eigenvalue weighted by Crippen LogP contribution is 2.32. The standard InChI is InChI=1S/C14H17NO4/c1-4-12(16)14(2,3)15-13(17)9-5-6-10-11(7-9)19-8-18-10/h5-7H,4,8H2,1-3H3,(H,15,17). The van der Waals surface area contributed by atoms with Gasteiger partial charge in [0.1, 0.15) is 0 Å². The Labute approximate surface area is 111 Å². The molecule has 0 bridgehead atoms. The first-order valence-corrected chi connectivity index (χ1v) is 6.19. The molecule has 1 aromatic carbocycles. The van der Waals surface area contributed by atoms with E-state index in [1.807, 2.05) is 0 Å². The number of hydrogen-bond donors (Lipinski definition) is 1. The number of ketones is 1. The first-order chi connectivity index (χ1) is 8.94. The quantitative estimate of drug-likeness (QED) is 0.901. The summed E-state index contributed by atoms with van der Waals surface area (Å²) in [5, 5.41) is 2.73. The molecule has 0 saturated heterocycles. The van der Waals surface area contributed by atoms with Gasteiger partial charge in [0.15, 0.2) is 17.3 Å². The zero-order chi connectivity index (χ0) is 14.0. The van der Waals surface area contributed by atoms with Crippen LogP contribution in [0.3, 0.4) is 0 Å². The summed E-state index contributed by atoms with van der Waals surface area (Å²) >= 11 is 0. The predicted molar refractivity (Wildman–Crippen MR) is 69.4 cm³/mol. The Kier molecular flexibility index (Phi) is 3.46. The second kappa shape index (κ2) is 4.91. The van der Waals surface area contributed by atoms with Crippen LogP contribution in [0.15, 0.2) is 18.2 Å². The number of Topliss-reactive ketones (excluding diaryl/α,β-unsaturated/α-hetero) is 1. The number of nitrogens with one attached hydrogen (secondary N) is 1. The number of hydrogen-bond acceptors (Lipinski definition) is 4. The molecule has 102 valence electrons. The van der Waals surface area contributed by atoms with Gasteiger partial charge in [-0.15, -0.1) is 0 Å². The summed E-state index contributed by atoms with van der Waals surface area (Å²) < 4.78 is 10.4. The first-order valence-electron chi connectivity index (χ1n) is 6.19. The molecular weight excluding hydrogens is 246 g/mol. The van der Waals surface area contributed by atoms with Crippen LogP contribution < -0.4 is 14.8 Å². The van der Waals surface area contributed by atoms with E-state index in [0.717, 1.165) is 0 Å². The van der Waals surface area contributed by atoms with Gasteiger partial charge < -0.3 is 14.8 Å². The average Bonchev–Trinajstić information content (AvgIpc) is 2.84. The lowest BCUT2D eigenvalue weighted by molar-refractivity contribution is -0.123. The molecule has 0 radical (unpaired) electrons. The van der Waals surface area contributed by atoms with Crippen LogP contribution in [0.4, 0.5) is 0 Å². The van der Waals surface area contributed by atoms with Gasteiger partial charge in [0, 0.05) is 12.0 Å². The van der Waals surface area contributed by atoms with E-state index >= 15 is 0 Å². The van der Waals surface area contributed by atoms with Gasteiger partial charge in [0.25, 0.3) is 5.91 Å². The maximum Gasteiger partial charge on any atom is 0.252 e. The Hall–Kier alpha value is -2.04. The number of rotatable bonds is 4. The molecule has 0 fully saturated rings. The van der Waals surface area contributed by atoms with E-state index in [0.29, 0.717) is 23.5 Å². The summed E-state index contributed by atoms with van der Waals surface area (Å²) in [5.74, 6) is 0.861. The number of carbonyl (C=O) groups is 2. The lowest BCUT2D eigenvalue weighted by Gasteiger charge is -2.24. The fourth-order valence-electron chi connectivity index (χ4n) is 1.91. The molecule has 5 heteroatoms. The summed E-state index contributed by atoms with van der Waals surface area (Å²) in [4.78, 5) is 23.8. The highest BCUT2D eigenvalue weighted by Gasteiger charge is 2.28. The largest absolute Gasteiger partial charge is 0.454 e. The van der Waals surface area contributed by atoms with Crippen LogP contribution in [0, 0.1) is 0 Å². The van der Waals surface area contributed by atoms with Crippen molar-refractivity contribution in [2.24, 2.45) is 0 Å². The molecule has 0 spiro atoms. The van der Waals surface area contributed by atoms with E-state index < -0.39 is 5.54 Å². The van der Waals surface area contributed by atoms with E-state index in [4.69, 9.17) is 9.47 Å². The zero-order valence-corrected chi connectivity index (χ0v) is 11.3. The predicted octanol–water partition coefficient (Wildman–Crippen LogP) is 1.90. The molecule has 5 nitrogen and oxygen atoms in total. The van der Waals surface area contributed by atoms with Crippen molar-refractivity contribution in [1.29, 1.82) is 0 Å². The van der Waals surface area contributed by atoms with Crippen LogP contribution in [-0.2, 0) is 4.79 Å². The SMILES string of the molecule is CCC(=O)C(C)(C)NC(=O)c1ccc2c(c1)OCO2. The summed E-state index contributed by atoms with van der Waals surface area (Å²) in [6, 6.07) is 4.95. The summed E-state index contributed by atoms with van der Waals surface area (Å²) in [6.07, 6.45) is 0.383. The van der Waals surface area contributed by atoms with Crippen LogP contribution in [0.25, 0.3) is 0 Å². The maximum absolute atomic E-state index is 12.1. The molecular formula is C14H17NO4. The molecule has 0 aromatic heterocycles. The summed E-state index contributed by atoms with van der Waals surface area (Å²) in [6.45, 7) is 5.34. The van der Waals surface area contributed by atoms with Crippen molar-refractivity contribution in [2.75, 3.05) is 6.79 Å². The molecule has 2 rings (SSSR count). The third-order valence-corrected chi connectivity index (χ3v) is 3.08. The van der Waals surface area contributed by atoms with Gasteiger partial charge in [-0.25, -0.2) is 0 Å². The molecule has 0 atom stereocenters. The summed E-state index contributed by atoms with van der Waals surface area (Å²) in [5.41, 5.74) is -0.427. The van der Waals surface area contributed by atoms with Crippen molar-refractivity contribution in [3.05, 3.63) is 23.8 Å². The van der Waals surface area contributed by atoms with E-state index in [1.165, 1.54) is 0 Å². The van der Waals surface area contributed by atoms with Crippen molar-refractivity contribution in [3.63, 3.8) is 0 Å². The Bertz CT molecular complexity index is 522. The van der Waals surface area contributed by atoms with E-state index in [-0.39, 0.29) is 18.5 Å². The highest BCUT2D eigenvalue weighted by molar-refractivity contribution is 5.99. The molecule has 0 saturated carbocycles. The van der Waals surface area contributed by atoms with E-state index in [1.54, 1.807) is 39.0 Å². The van der Waals surface area contributed by atoms with Crippen molar-refractivity contribution in [3.8, 4) is 11.5 Å². The maximum atomic E-state index is 12.1. The second-order valence-electron chi connectivity index (χ2n) is 4.92. The van der Waals surface area contributed by atoms with Crippen LogP contribution in [0.5, 0.6) is 11.5 Å². The topological polar surface area (TPSA) is 64.6 Å². The molecule has 1 aliphatic rings. The molecule has 1 aliphatic heterocycles. The number of fused-ring (bicyclic) bond motifs is 1. The minimum atomic E-state index is -0.873. The van der Waals surface area contributed by atoms with E-state index in [2.05, 4.69) is 5.32 Å². The van der Waals surface area contributed by atoms with Crippen molar-refractivity contribution >= 4 is 11.7 Å². The van der Waals surface area contributed by atoms with Gasteiger partial charge in [0.05, 0.1) is 5.54 Å². The average molecular weight is 263 g/mol. The first kappa shape index (κ1) is 13.4. The summed E-state index contributed by atoms with van der Waals surface area (Å²) in [7, 11) is 0. The van der Waals surface area contributed by atoms with Crippen LogP contribution in [0.2, 0.25) is 0 Å². The minimum absolute atomic E-state index is 0.0124. The van der Waals surface area contributed by atoms with Gasteiger partial charge in [-0.2, -0.15) is 0 Å². The van der Waals surface area contributed by atoms with Crippen molar-refractivity contribution in [1.82, 2.24) is 5.32 Å². The Morgan fingerprint density at radius 1 is 1.26 bits per heavy atom. The van der Waals surface area contributed by atoms with Gasteiger partial charge in [0.2, 0.25) is 6.79 Å². The van der Waals surface area contributed by atoms with Crippen LogP contribution >= 0.6 is 0 Å². The number of carbonyl (C=O) groups excluding carboxylic acids is 2. The highest BCUT2D eigenvalue weighted by atomic mass is 16.7. The number of benzene rings is 1. The van der Waals surface area contributed by atoms with Gasteiger partial charge in [-0.05, 0) is 32.0 Å². The minimum Gasteiger partial charge on any atom is -0.454 e. The molecule has 1 heterocycles. The zero-order valence-electron chi connectivity index (χ0n) is 11.3. The molecule has 1 N–H and O–H groups in total. The number of amides is 1. The Morgan fingerprint density at radius 2 is 1.95 bits per heavy atom. The third kappa shape index (κ3) is 2.70. The number of ether oxygens (including phenoxy) is 2. The molecule has 1 aromatic rings. The van der Waals surface area contributed by atoms with Gasteiger partial charge >= 0.3 is 0 Å². The van der Waals surface area contributed by atoms with Crippen molar-refractivity contribution < 1.29 is 19.1 Å². The van der Waals surface area contributed by atoms with Gasteiger partial charge in [-0.3, -0.25) is 9.59 Å².